The summed E-state index contributed by atoms with van der Waals surface area (Å²) in [5, 5.41) is 0. The monoisotopic (exact) mass is 268 g/mol. The van der Waals surface area contributed by atoms with Crippen LogP contribution in [-0.2, 0) is 17.8 Å². The van der Waals surface area contributed by atoms with Crippen LogP contribution >= 0.6 is 15.9 Å². The predicted molar refractivity (Wildman–Crippen MR) is 62.3 cm³/mol. The molecule has 80 valence electrons. The van der Waals surface area contributed by atoms with Gasteiger partial charge in [-0.05, 0) is 23.6 Å². The third-order valence-electron chi connectivity index (χ3n) is 2.74. The summed E-state index contributed by atoms with van der Waals surface area (Å²) in [4.78, 5) is 13.3. The zero-order valence-corrected chi connectivity index (χ0v) is 9.96. The second-order valence-electron chi connectivity index (χ2n) is 3.65. The van der Waals surface area contributed by atoms with Crippen molar-refractivity contribution in [2.24, 2.45) is 5.73 Å². The number of fused-ring (bicyclic) bond motifs is 1. The van der Waals surface area contributed by atoms with Crippen molar-refractivity contribution in [2.45, 2.75) is 13.0 Å². The van der Waals surface area contributed by atoms with Crippen LogP contribution in [0.4, 0.5) is 0 Å². The number of benzene rings is 1. The molecule has 0 unspecified atom stereocenters. The van der Waals surface area contributed by atoms with Crippen LogP contribution in [0.1, 0.15) is 11.1 Å². The van der Waals surface area contributed by atoms with E-state index in [0.717, 1.165) is 17.4 Å². The van der Waals surface area contributed by atoms with Crippen LogP contribution < -0.4 is 5.73 Å². The molecule has 0 bridgehead atoms. The Bertz CT molecular complexity index is 392. The molecular weight excluding hydrogens is 256 g/mol. The smallest absolute Gasteiger partial charge is 0.236 e. The van der Waals surface area contributed by atoms with E-state index in [0.29, 0.717) is 6.54 Å². The lowest BCUT2D eigenvalue weighted by Gasteiger charge is -2.29. The zero-order valence-electron chi connectivity index (χ0n) is 8.37. The van der Waals surface area contributed by atoms with E-state index in [1.165, 1.54) is 11.1 Å². The summed E-state index contributed by atoms with van der Waals surface area (Å²) in [5.74, 6) is 0.0284. The first-order valence-corrected chi connectivity index (χ1v) is 5.76. The standard InChI is InChI=1S/C11H13BrN2O/c12-10-3-1-2-8-7-14(11(15)6-13)5-4-9(8)10/h1-3H,4-7,13H2. The number of carbonyl (C=O) groups is 1. The van der Waals surface area contributed by atoms with E-state index in [4.69, 9.17) is 5.73 Å². The maximum atomic E-state index is 11.5. The fraction of sp³-hybridized carbons (Fsp3) is 0.364. The Balaban J connectivity index is 2.24. The number of amides is 1. The fourth-order valence-corrected chi connectivity index (χ4v) is 2.51. The van der Waals surface area contributed by atoms with Crippen LogP contribution in [0.25, 0.3) is 0 Å². The van der Waals surface area contributed by atoms with E-state index in [1.54, 1.807) is 0 Å². The summed E-state index contributed by atoms with van der Waals surface area (Å²) in [7, 11) is 0. The van der Waals surface area contributed by atoms with Gasteiger partial charge in [-0.2, -0.15) is 0 Å². The van der Waals surface area contributed by atoms with Gasteiger partial charge >= 0.3 is 0 Å². The van der Waals surface area contributed by atoms with Crippen molar-refractivity contribution in [3.05, 3.63) is 33.8 Å². The highest BCUT2D eigenvalue weighted by atomic mass is 79.9. The van der Waals surface area contributed by atoms with Crippen LogP contribution in [-0.4, -0.2) is 23.9 Å². The molecule has 0 saturated heterocycles. The van der Waals surface area contributed by atoms with Gasteiger partial charge in [0.15, 0.2) is 0 Å². The second-order valence-corrected chi connectivity index (χ2v) is 4.50. The number of nitrogens with zero attached hydrogens (tertiary/aromatic N) is 1. The maximum Gasteiger partial charge on any atom is 0.236 e. The molecule has 0 fully saturated rings. The highest BCUT2D eigenvalue weighted by molar-refractivity contribution is 9.10. The Kier molecular flexibility index (Phi) is 3.07. The minimum atomic E-state index is 0.0284. The molecular formula is C11H13BrN2O. The first-order valence-electron chi connectivity index (χ1n) is 4.96. The number of nitrogens with two attached hydrogens (primary N) is 1. The molecule has 2 rings (SSSR count). The van der Waals surface area contributed by atoms with Crippen LogP contribution in [0.5, 0.6) is 0 Å². The molecule has 1 aliphatic rings. The van der Waals surface area contributed by atoms with Gasteiger partial charge in [0.25, 0.3) is 0 Å². The summed E-state index contributed by atoms with van der Waals surface area (Å²) >= 11 is 3.53. The van der Waals surface area contributed by atoms with Gasteiger partial charge in [-0.3, -0.25) is 4.79 Å². The molecule has 1 heterocycles. The van der Waals surface area contributed by atoms with Gasteiger partial charge in [-0.15, -0.1) is 0 Å². The lowest BCUT2D eigenvalue weighted by atomic mass is 10.00. The van der Waals surface area contributed by atoms with E-state index >= 15 is 0 Å². The van der Waals surface area contributed by atoms with Gasteiger partial charge in [-0.1, -0.05) is 28.1 Å². The molecule has 1 aromatic carbocycles. The first-order chi connectivity index (χ1) is 7.22. The van der Waals surface area contributed by atoms with Crippen LogP contribution in [0.3, 0.4) is 0 Å². The second kappa shape index (κ2) is 4.33. The first kappa shape index (κ1) is 10.6. The summed E-state index contributed by atoms with van der Waals surface area (Å²) in [6.07, 6.45) is 0.905. The largest absolute Gasteiger partial charge is 0.337 e. The Morgan fingerprint density at radius 3 is 3.07 bits per heavy atom. The third kappa shape index (κ3) is 2.06. The normalized spacial score (nSPS) is 14.9. The number of halogens is 1. The molecule has 1 aromatic rings. The minimum Gasteiger partial charge on any atom is -0.337 e. The topological polar surface area (TPSA) is 46.3 Å². The molecule has 0 saturated carbocycles. The minimum absolute atomic E-state index is 0.0284. The number of hydrogen-bond donors (Lipinski definition) is 1. The lowest BCUT2D eigenvalue weighted by Crippen LogP contribution is -2.39. The van der Waals surface area contributed by atoms with E-state index in [1.807, 2.05) is 17.0 Å². The van der Waals surface area contributed by atoms with E-state index in [2.05, 4.69) is 22.0 Å². The molecule has 2 N–H and O–H groups in total. The highest BCUT2D eigenvalue weighted by Crippen LogP contribution is 2.26. The molecule has 0 radical (unpaired) electrons. The van der Waals surface area contributed by atoms with Crippen LogP contribution in [0.15, 0.2) is 22.7 Å². The van der Waals surface area contributed by atoms with Gasteiger partial charge in [0.2, 0.25) is 5.91 Å². The number of hydrogen-bond acceptors (Lipinski definition) is 2. The van der Waals surface area contributed by atoms with Crippen molar-refractivity contribution >= 4 is 21.8 Å². The summed E-state index contributed by atoms with van der Waals surface area (Å²) in [5.41, 5.74) is 7.89. The highest BCUT2D eigenvalue weighted by Gasteiger charge is 2.20. The van der Waals surface area contributed by atoms with Crippen LogP contribution in [0, 0.1) is 0 Å². The predicted octanol–water partition coefficient (Wildman–Crippen LogP) is 1.29. The Hall–Kier alpha value is -0.870. The summed E-state index contributed by atoms with van der Waals surface area (Å²) in [6.45, 7) is 1.56. The molecule has 0 aromatic heterocycles. The molecule has 1 amide bonds. The van der Waals surface area contributed by atoms with Crippen molar-refractivity contribution in [1.29, 1.82) is 0 Å². The fourth-order valence-electron chi connectivity index (χ4n) is 1.90. The van der Waals surface area contributed by atoms with Crippen molar-refractivity contribution < 1.29 is 4.79 Å². The Morgan fingerprint density at radius 2 is 2.33 bits per heavy atom. The Labute approximate surface area is 97.4 Å². The van der Waals surface area contributed by atoms with Crippen molar-refractivity contribution in [2.75, 3.05) is 13.1 Å². The quantitative estimate of drug-likeness (QED) is 0.835. The molecule has 0 atom stereocenters. The van der Waals surface area contributed by atoms with Gasteiger partial charge in [-0.25, -0.2) is 0 Å². The van der Waals surface area contributed by atoms with Crippen molar-refractivity contribution in [1.82, 2.24) is 4.90 Å². The van der Waals surface area contributed by atoms with E-state index in [9.17, 15) is 4.79 Å². The van der Waals surface area contributed by atoms with Gasteiger partial charge in [0.1, 0.15) is 0 Å². The van der Waals surface area contributed by atoms with Crippen molar-refractivity contribution in [3.63, 3.8) is 0 Å². The average Bonchev–Trinajstić information content (AvgIpc) is 2.28. The van der Waals surface area contributed by atoms with E-state index < -0.39 is 0 Å². The molecule has 1 aliphatic heterocycles. The zero-order chi connectivity index (χ0) is 10.8. The molecule has 3 nitrogen and oxygen atoms in total. The molecule has 4 heteroatoms. The summed E-state index contributed by atoms with van der Waals surface area (Å²) < 4.78 is 1.14. The van der Waals surface area contributed by atoms with Crippen molar-refractivity contribution in [3.8, 4) is 0 Å². The molecule has 0 spiro atoms. The lowest BCUT2D eigenvalue weighted by molar-refractivity contribution is -0.130. The maximum absolute atomic E-state index is 11.5. The Morgan fingerprint density at radius 1 is 1.53 bits per heavy atom. The van der Waals surface area contributed by atoms with Gasteiger partial charge in [0.05, 0.1) is 6.54 Å². The summed E-state index contributed by atoms with van der Waals surface area (Å²) in [6, 6.07) is 6.11. The van der Waals surface area contributed by atoms with Crippen LogP contribution in [0.2, 0.25) is 0 Å². The van der Waals surface area contributed by atoms with Gasteiger partial charge in [0, 0.05) is 17.6 Å². The molecule has 15 heavy (non-hydrogen) atoms. The SMILES string of the molecule is NCC(=O)N1CCc2c(Br)cccc2C1. The van der Waals surface area contributed by atoms with E-state index in [-0.39, 0.29) is 12.5 Å². The van der Waals surface area contributed by atoms with Gasteiger partial charge < -0.3 is 10.6 Å². The molecule has 0 aliphatic carbocycles. The number of rotatable bonds is 1. The average molecular weight is 269 g/mol. The third-order valence-corrected chi connectivity index (χ3v) is 3.48. The number of carbonyl (C=O) groups excluding carboxylic acids is 1.